The monoisotopic (exact) mass is 482 g/mol. The summed E-state index contributed by atoms with van der Waals surface area (Å²) in [5.74, 6) is 1.38. The van der Waals surface area contributed by atoms with E-state index >= 15 is 0 Å². The van der Waals surface area contributed by atoms with Gasteiger partial charge in [-0.1, -0.05) is 37.1 Å². The fourth-order valence-electron chi connectivity index (χ4n) is 5.34. The standard InChI is InChI=1S/C20H26N2O2.C7H5ClO2/c1-3-13-12-22-9-7-14(13)10-19(22)20(23)16-6-8-21-18-5-4-15(24-2)11-17(16)18;8-6-4-2-1-3-5(6)7(9)10/h4-6,8,11,13-14,19-20,23H,3,7,9-10,12H2,1-2H3;1-4H,(H,9,10)/t13-,14-,19-,20+;/m0./s1. The van der Waals surface area contributed by atoms with Crippen molar-refractivity contribution in [2.24, 2.45) is 11.8 Å². The van der Waals surface area contributed by atoms with Gasteiger partial charge in [0, 0.05) is 24.2 Å². The highest BCUT2D eigenvalue weighted by Gasteiger charge is 2.42. The van der Waals surface area contributed by atoms with Crippen LogP contribution in [0.4, 0.5) is 0 Å². The number of carboxylic acids is 1. The number of carbonyl (C=O) groups is 1. The Bertz CT molecular complexity index is 1150. The van der Waals surface area contributed by atoms with Crippen molar-refractivity contribution in [3.05, 3.63) is 70.9 Å². The maximum absolute atomic E-state index is 11.2. The minimum absolute atomic E-state index is 0.143. The lowest BCUT2D eigenvalue weighted by Crippen LogP contribution is -2.55. The number of piperidine rings is 3. The molecule has 3 aliphatic heterocycles. The second-order valence-corrected chi connectivity index (χ2v) is 9.44. The highest BCUT2D eigenvalue weighted by atomic mass is 35.5. The molecule has 3 saturated heterocycles. The Balaban J connectivity index is 0.000000231. The van der Waals surface area contributed by atoms with Crippen LogP contribution in [0.3, 0.4) is 0 Å². The summed E-state index contributed by atoms with van der Waals surface area (Å²) in [5.41, 5.74) is 2.03. The summed E-state index contributed by atoms with van der Waals surface area (Å²) in [5, 5.41) is 20.9. The molecule has 3 aliphatic rings. The van der Waals surface area contributed by atoms with Crippen LogP contribution >= 0.6 is 11.6 Å². The number of aromatic carboxylic acids is 1. The first-order chi connectivity index (χ1) is 16.4. The van der Waals surface area contributed by atoms with E-state index in [9.17, 15) is 9.90 Å². The van der Waals surface area contributed by atoms with Gasteiger partial charge in [-0.2, -0.15) is 0 Å². The van der Waals surface area contributed by atoms with Gasteiger partial charge in [0.25, 0.3) is 0 Å². The lowest BCUT2D eigenvalue weighted by molar-refractivity contribution is -0.0562. The van der Waals surface area contributed by atoms with E-state index in [-0.39, 0.29) is 16.6 Å². The largest absolute Gasteiger partial charge is 0.497 e. The van der Waals surface area contributed by atoms with Crippen molar-refractivity contribution in [1.29, 1.82) is 0 Å². The van der Waals surface area contributed by atoms with E-state index < -0.39 is 12.1 Å². The molecule has 0 spiro atoms. The van der Waals surface area contributed by atoms with E-state index in [1.807, 2.05) is 24.3 Å². The highest BCUT2D eigenvalue weighted by molar-refractivity contribution is 6.33. The number of aliphatic hydroxyl groups is 1. The molecule has 6 nitrogen and oxygen atoms in total. The molecule has 1 aromatic heterocycles. The fourth-order valence-corrected chi connectivity index (χ4v) is 5.56. The number of aromatic nitrogens is 1. The third-order valence-electron chi connectivity index (χ3n) is 7.23. The Morgan fingerprint density at radius 3 is 2.68 bits per heavy atom. The summed E-state index contributed by atoms with van der Waals surface area (Å²) in [7, 11) is 1.67. The molecule has 1 unspecified atom stereocenters. The molecule has 0 aliphatic carbocycles. The molecule has 0 amide bonds. The molecule has 2 aromatic carbocycles. The van der Waals surface area contributed by atoms with Crippen molar-refractivity contribution >= 4 is 28.5 Å². The molecule has 6 rings (SSSR count). The van der Waals surface area contributed by atoms with Gasteiger partial charge in [0.1, 0.15) is 5.75 Å². The Morgan fingerprint density at radius 2 is 2.06 bits per heavy atom. The quantitative estimate of drug-likeness (QED) is 0.504. The minimum atomic E-state index is -0.995. The predicted molar refractivity (Wildman–Crippen MR) is 134 cm³/mol. The number of halogens is 1. The maximum Gasteiger partial charge on any atom is 0.337 e. The molecular weight excluding hydrogens is 452 g/mol. The highest BCUT2D eigenvalue weighted by Crippen LogP contribution is 2.42. The topological polar surface area (TPSA) is 82.9 Å². The molecule has 180 valence electrons. The van der Waals surface area contributed by atoms with Crippen molar-refractivity contribution in [3.63, 3.8) is 0 Å². The first kappa shape index (κ1) is 24.5. The van der Waals surface area contributed by atoms with Gasteiger partial charge in [-0.15, -0.1) is 0 Å². The minimum Gasteiger partial charge on any atom is -0.497 e. The van der Waals surface area contributed by atoms with Gasteiger partial charge in [0.15, 0.2) is 0 Å². The molecule has 5 atom stereocenters. The average Bonchev–Trinajstić information content (AvgIpc) is 2.88. The van der Waals surface area contributed by atoms with Crippen LogP contribution in [0.5, 0.6) is 5.75 Å². The van der Waals surface area contributed by atoms with E-state index in [1.54, 1.807) is 31.5 Å². The van der Waals surface area contributed by atoms with E-state index in [1.165, 1.54) is 18.9 Å². The van der Waals surface area contributed by atoms with Crippen molar-refractivity contribution in [3.8, 4) is 5.75 Å². The number of methoxy groups -OCH3 is 1. The third kappa shape index (κ3) is 5.04. The zero-order valence-electron chi connectivity index (χ0n) is 19.5. The van der Waals surface area contributed by atoms with Crippen LogP contribution in [0.15, 0.2) is 54.7 Å². The first-order valence-corrected chi connectivity index (χ1v) is 12.1. The van der Waals surface area contributed by atoms with Crippen LogP contribution in [0.2, 0.25) is 5.02 Å². The lowest BCUT2D eigenvalue weighted by atomic mass is 9.72. The number of ether oxygens (including phenoxy) is 1. The molecule has 4 heterocycles. The van der Waals surface area contributed by atoms with Crippen molar-refractivity contribution < 1.29 is 19.7 Å². The van der Waals surface area contributed by atoms with Gasteiger partial charge in [0.05, 0.1) is 29.3 Å². The van der Waals surface area contributed by atoms with E-state index in [0.29, 0.717) is 0 Å². The molecule has 34 heavy (non-hydrogen) atoms. The molecule has 0 radical (unpaired) electrons. The summed E-state index contributed by atoms with van der Waals surface area (Å²) < 4.78 is 5.36. The number of hydrogen-bond donors (Lipinski definition) is 2. The van der Waals surface area contributed by atoms with Crippen LogP contribution in [0, 0.1) is 11.8 Å². The Morgan fingerprint density at radius 1 is 1.26 bits per heavy atom. The second kappa shape index (κ2) is 10.7. The first-order valence-electron chi connectivity index (χ1n) is 11.8. The molecule has 3 fully saturated rings. The maximum atomic E-state index is 11.2. The summed E-state index contributed by atoms with van der Waals surface area (Å²) in [6, 6.07) is 14.4. The number of rotatable bonds is 5. The van der Waals surface area contributed by atoms with E-state index in [4.69, 9.17) is 21.4 Å². The number of fused-ring (bicyclic) bond motifs is 4. The number of nitrogens with zero attached hydrogens (tertiary/aromatic N) is 2. The summed E-state index contributed by atoms with van der Waals surface area (Å²) in [6.45, 7) is 4.55. The molecule has 3 aromatic rings. The van der Waals surface area contributed by atoms with Gasteiger partial charge < -0.3 is 14.9 Å². The summed E-state index contributed by atoms with van der Waals surface area (Å²) in [6.07, 6.45) is 4.97. The normalized spacial score (nSPS) is 24.2. The average molecular weight is 483 g/mol. The molecule has 2 N–H and O–H groups in total. The summed E-state index contributed by atoms with van der Waals surface area (Å²) >= 11 is 5.54. The Labute approximate surface area is 205 Å². The summed E-state index contributed by atoms with van der Waals surface area (Å²) in [4.78, 5) is 17.3. The molecule has 2 bridgehead atoms. The van der Waals surface area contributed by atoms with Crippen molar-refractivity contribution in [2.75, 3.05) is 20.2 Å². The number of aliphatic hydroxyl groups excluding tert-OH is 1. The van der Waals surface area contributed by atoms with Gasteiger partial charge in [-0.05, 0) is 73.2 Å². The lowest BCUT2D eigenvalue weighted by Gasteiger charge is -2.51. The smallest absolute Gasteiger partial charge is 0.337 e. The molecular formula is C27H31ClN2O4. The Kier molecular flexibility index (Phi) is 7.71. The second-order valence-electron chi connectivity index (χ2n) is 9.03. The number of hydrogen-bond acceptors (Lipinski definition) is 5. The fraction of sp³-hybridized carbons (Fsp3) is 0.407. The molecule has 7 heteroatoms. The van der Waals surface area contributed by atoms with Gasteiger partial charge in [0.2, 0.25) is 0 Å². The third-order valence-corrected chi connectivity index (χ3v) is 7.56. The zero-order chi connectivity index (χ0) is 24.2. The van der Waals surface area contributed by atoms with Gasteiger partial charge in [-0.3, -0.25) is 9.88 Å². The predicted octanol–water partition coefficient (Wildman–Crippen LogP) is 5.44. The van der Waals surface area contributed by atoms with Crippen LogP contribution < -0.4 is 4.74 Å². The zero-order valence-corrected chi connectivity index (χ0v) is 20.3. The van der Waals surface area contributed by atoms with Crippen LogP contribution in [-0.2, 0) is 0 Å². The van der Waals surface area contributed by atoms with Crippen LogP contribution in [-0.4, -0.2) is 52.3 Å². The number of benzene rings is 2. The SMILES string of the molecule is CC[C@H]1CN2CC[C@H]1C[C@H]2[C@H](O)c1ccnc2ccc(OC)cc12.O=C(O)c1ccccc1Cl. The van der Waals surface area contributed by atoms with E-state index in [2.05, 4.69) is 16.8 Å². The van der Waals surface area contributed by atoms with Gasteiger partial charge in [-0.25, -0.2) is 4.79 Å². The number of pyridine rings is 1. The number of carboxylic acid groups (broad SMARTS) is 1. The Hall–Kier alpha value is -2.67. The van der Waals surface area contributed by atoms with Crippen LogP contribution in [0.25, 0.3) is 10.9 Å². The van der Waals surface area contributed by atoms with Gasteiger partial charge >= 0.3 is 5.97 Å². The van der Waals surface area contributed by atoms with Crippen molar-refractivity contribution in [2.45, 2.75) is 38.3 Å². The molecule has 0 saturated carbocycles. The van der Waals surface area contributed by atoms with Crippen LogP contribution in [0.1, 0.15) is 48.2 Å². The van der Waals surface area contributed by atoms with E-state index in [0.717, 1.165) is 53.6 Å². The van der Waals surface area contributed by atoms with Crippen molar-refractivity contribution in [1.82, 2.24) is 9.88 Å².